The van der Waals surface area contributed by atoms with Crippen LogP contribution in [0.5, 0.6) is 0 Å². The van der Waals surface area contributed by atoms with Crippen molar-refractivity contribution in [3.63, 3.8) is 0 Å². The summed E-state index contributed by atoms with van der Waals surface area (Å²) in [5, 5.41) is 8.95. The van der Waals surface area contributed by atoms with Crippen molar-refractivity contribution in [2.24, 2.45) is 0 Å². The highest BCUT2D eigenvalue weighted by molar-refractivity contribution is 6.16. The van der Waals surface area contributed by atoms with Gasteiger partial charge in [-0.25, -0.2) is 9.78 Å². The molecule has 2 heterocycles. The summed E-state index contributed by atoms with van der Waals surface area (Å²) < 4.78 is 1.18. The van der Waals surface area contributed by atoms with E-state index in [9.17, 15) is 9.59 Å². The molecule has 0 atom stereocenters. The first-order valence-corrected chi connectivity index (χ1v) is 4.97. The number of halogens is 1. The third-order valence-electron chi connectivity index (χ3n) is 2.11. The minimum atomic E-state index is -1.13. The summed E-state index contributed by atoms with van der Waals surface area (Å²) in [7, 11) is 0. The van der Waals surface area contributed by atoms with Crippen LogP contribution in [0.2, 0.25) is 0 Å². The van der Waals surface area contributed by atoms with Gasteiger partial charge in [0.05, 0.1) is 11.6 Å². The second-order valence-electron chi connectivity index (χ2n) is 3.14. The number of hydrogen-bond acceptors (Lipinski definition) is 3. The summed E-state index contributed by atoms with van der Waals surface area (Å²) >= 11 is 5.57. The minimum absolute atomic E-state index is 0.0217. The Morgan fingerprint density at radius 2 is 2.31 bits per heavy atom. The lowest BCUT2D eigenvalue weighted by molar-refractivity contribution is 0.0698. The van der Waals surface area contributed by atoms with Crippen LogP contribution in [-0.4, -0.2) is 20.5 Å². The lowest BCUT2D eigenvalue weighted by Gasteiger charge is -2.04. The van der Waals surface area contributed by atoms with Gasteiger partial charge in [-0.15, -0.1) is 11.6 Å². The Morgan fingerprint density at radius 3 is 2.94 bits per heavy atom. The highest BCUT2D eigenvalue weighted by Gasteiger charge is 2.11. The second kappa shape index (κ2) is 3.94. The van der Waals surface area contributed by atoms with Crippen LogP contribution in [0.3, 0.4) is 0 Å². The lowest BCUT2D eigenvalue weighted by atomic mass is 10.2. The average Bonchev–Trinajstić information content (AvgIpc) is 2.28. The Bertz CT molecular complexity index is 621. The van der Waals surface area contributed by atoms with Gasteiger partial charge in [0.25, 0.3) is 5.56 Å². The molecule has 0 aromatic carbocycles. The number of carbonyl (C=O) groups is 1. The Hall–Kier alpha value is -1.88. The maximum Gasteiger partial charge on any atom is 0.339 e. The molecule has 0 bridgehead atoms. The van der Waals surface area contributed by atoms with Crippen molar-refractivity contribution >= 4 is 23.2 Å². The van der Waals surface area contributed by atoms with E-state index < -0.39 is 5.97 Å². The second-order valence-corrected chi connectivity index (χ2v) is 3.41. The number of nitrogens with zero attached hydrogens (tertiary/aromatic N) is 2. The zero-order valence-corrected chi connectivity index (χ0v) is 8.81. The van der Waals surface area contributed by atoms with Crippen LogP contribution in [0.1, 0.15) is 16.1 Å². The molecule has 2 aromatic heterocycles. The molecule has 6 heteroatoms. The van der Waals surface area contributed by atoms with Crippen LogP contribution in [-0.2, 0) is 5.88 Å². The monoisotopic (exact) mass is 238 g/mol. The number of aromatic nitrogens is 2. The quantitative estimate of drug-likeness (QED) is 0.797. The number of aromatic carboxylic acids is 1. The lowest BCUT2D eigenvalue weighted by Crippen LogP contribution is -2.17. The van der Waals surface area contributed by atoms with E-state index in [0.29, 0.717) is 5.69 Å². The molecule has 1 N–H and O–H groups in total. The molecule has 16 heavy (non-hydrogen) atoms. The molecule has 5 nitrogen and oxygen atoms in total. The molecule has 0 amide bonds. The molecule has 0 aliphatic carbocycles. The van der Waals surface area contributed by atoms with E-state index in [2.05, 4.69) is 4.98 Å². The van der Waals surface area contributed by atoms with E-state index in [4.69, 9.17) is 16.7 Å². The first-order valence-electron chi connectivity index (χ1n) is 4.44. The van der Waals surface area contributed by atoms with Gasteiger partial charge in [-0.2, -0.15) is 0 Å². The third-order valence-corrected chi connectivity index (χ3v) is 2.39. The molecule has 0 spiro atoms. The van der Waals surface area contributed by atoms with Gasteiger partial charge in [-0.3, -0.25) is 9.20 Å². The number of rotatable bonds is 2. The Labute approximate surface area is 94.9 Å². The molecular formula is C10H7ClN2O3. The number of hydrogen-bond donors (Lipinski definition) is 1. The molecule has 0 saturated carbocycles. The predicted molar refractivity (Wildman–Crippen MR) is 58.0 cm³/mol. The fourth-order valence-electron chi connectivity index (χ4n) is 1.41. The van der Waals surface area contributed by atoms with Crippen molar-refractivity contribution in [1.29, 1.82) is 0 Å². The smallest absolute Gasteiger partial charge is 0.339 e. The van der Waals surface area contributed by atoms with E-state index in [1.54, 1.807) is 0 Å². The molecule has 0 radical (unpaired) electrons. The predicted octanol–water partition coefficient (Wildman–Crippen LogP) is 1.13. The molecule has 0 aliphatic rings. The summed E-state index contributed by atoms with van der Waals surface area (Å²) in [6.07, 6.45) is 1.47. The first kappa shape index (κ1) is 10.6. The normalized spacial score (nSPS) is 10.6. The zero-order valence-electron chi connectivity index (χ0n) is 8.05. The van der Waals surface area contributed by atoms with Crippen molar-refractivity contribution in [3.8, 4) is 0 Å². The fraction of sp³-hybridized carbons (Fsp3) is 0.100. The van der Waals surface area contributed by atoms with Crippen molar-refractivity contribution in [3.05, 3.63) is 46.0 Å². The molecule has 2 aromatic rings. The maximum atomic E-state index is 11.6. The van der Waals surface area contributed by atoms with Gasteiger partial charge in [0.15, 0.2) is 5.65 Å². The van der Waals surface area contributed by atoms with Crippen LogP contribution in [0.15, 0.2) is 29.2 Å². The van der Waals surface area contributed by atoms with Crippen LogP contribution in [0.4, 0.5) is 0 Å². The van der Waals surface area contributed by atoms with Crippen molar-refractivity contribution in [1.82, 2.24) is 9.38 Å². The Balaban J connectivity index is 2.90. The van der Waals surface area contributed by atoms with Gasteiger partial charge in [0, 0.05) is 12.3 Å². The van der Waals surface area contributed by atoms with Gasteiger partial charge in [0.1, 0.15) is 5.56 Å². The Kier molecular flexibility index (Phi) is 2.62. The first-order chi connectivity index (χ1) is 7.63. The third kappa shape index (κ3) is 1.65. The largest absolute Gasteiger partial charge is 0.478 e. The SMILES string of the molecule is O=C(O)c1cccn2c(=O)cc(CCl)nc12. The molecule has 82 valence electrons. The number of carboxylic acid groups (broad SMARTS) is 1. The van der Waals surface area contributed by atoms with Crippen LogP contribution in [0, 0.1) is 0 Å². The average molecular weight is 239 g/mol. The van der Waals surface area contributed by atoms with Gasteiger partial charge in [-0.1, -0.05) is 0 Å². The molecule has 0 unspecified atom stereocenters. The maximum absolute atomic E-state index is 11.6. The van der Waals surface area contributed by atoms with Gasteiger partial charge in [0.2, 0.25) is 0 Å². The van der Waals surface area contributed by atoms with E-state index in [1.807, 2.05) is 0 Å². The Morgan fingerprint density at radius 1 is 1.56 bits per heavy atom. The summed E-state index contributed by atoms with van der Waals surface area (Å²) in [6.45, 7) is 0. The topological polar surface area (TPSA) is 71.7 Å². The standard InChI is InChI=1S/C10H7ClN2O3/c11-5-6-4-8(14)13-3-1-2-7(10(15)16)9(13)12-6/h1-4H,5H2,(H,15,16). The molecule has 2 rings (SSSR count). The number of carboxylic acids is 1. The van der Waals surface area contributed by atoms with Gasteiger partial charge >= 0.3 is 5.97 Å². The molecule has 0 aliphatic heterocycles. The zero-order chi connectivity index (χ0) is 11.7. The summed E-state index contributed by atoms with van der Waals surface area (Å²) in [5.41, 5.74) is 0.105. The summed E-state index contributed by atoms with van der Waals surface area (Å²) in [5.74, 6) is -1.06. The molecule has 0 saturated heterocycles. The van der Waals surface area contributed by atoms with E-state index in [0.717, 1.165) is 0 Å². The number of pyridine rings is 1. The van der Waals surface area contributed by atoms with Gasteiger partial charge < -0.3 is 5.11 Å². The highest BCUT2D eigenvalue weighted by atomic mass is 35.5. The fourth-order valence-corrected chi connectivity index (χ4v) is 1.54. The van der Waals surface area contributed by atoms with Crippen molar-refractivity contribution in [2.75, 3.05) is 0 Å². The number of fused-ring (bicyclic) bond motifs is 1. The number of alkyl halides is 1. The van der Waals surface area contributed by atoms with Crippen LogP contribution < -0.4 is 5.56 Å². The molecular weight excluding hydrogens is 232 g/mol. The van der Waals surface area contributed by atoms with Crippen molar-refractivity contribution in [2.45, 2.75) is 5.88 Å². The van der Waals surface area contributed by atoms with E-state index >= 15 is 0 Å². The highest BCUT2D eigenvalue weighted by Crippen LogP contribution is 2.08. The summed E-state index contributed by atoms with van der Waals surface area (Å²) in [6, 6.07) is 4.16. The van der Waals surface area contributed by atoms with Crippen LogP contribution in [0.25, 0.3) is 5.65 Å². The van der Waals surface area contributed by atoms with E-state index in [-0.39, 0.29) is 22.6 Å². The molecule has 0 fully saturated rings. The summed E-state index contributed by atoms with van der Waals surface area (Å²) in [4.78, 5) is 26.6. The van der Waals surface area contributed by atoms with Crippen LogP contribution >= 0.6 is 11.6 Å². The minimum Gasteiger partial charge on any atom is -0.478 e. The van der Waals surface area contributed by atoms with E-state index in [1.165, 1.54) is 28.8 Å². The van der Waals surface area contributed by atoms with Crippen molar-refractivity contribution < 1.29 is 9.90 Å². The van der Waals surface area contributed by atoms with Gasteiger partial charge in [-0.05, 0) is 12.1 Å².